The maximum absolute atomic E-state index is 12.2. The van der Waals surface area contributed by atoms with Crippen LogP contribution in [-0.2, 0) is 13.2 Å². The average molecular weight is 248 g/mol. The summed E-state index contributed by atoms with van der Waals surface area (Å²) in [4.78, 5) is 3.43. The lowest BCUT2D eigenvalue weighted by Crippen LogP contribution is -2.05. The third-order valence-corrected chi connectivity index (χ3v) is 2.51. The Balaban J connectivity index is 2.14. The van der Waals surface area contributed by atoms with Crippen molar-refractivity contribution in [1.29, 1.82) is 0 Å². The summed E-state index contributed by atoms with van der Waals surface area (Å²) in [6.07, 6.45) is -1.24. The molecule has 2 aromatic heterocycles. The summed E-state index contributed by atoms with van der Waals surface area (Å²) in [5.41, 5.74) is -0.283. The van der Waals surface area contributed by atoms with Gasteiger partial charge in [-0.1, -0.05) is 0 Å². The minimum absolute atomic E-state index is 0.195. The van der Waals surface area contributed by atoms with Crippen LogP contribution < -0.4 is 5.32 Å². The molecule has 16 heavy (non-hydrogen) atoms. The molecular formula is C8H7F3N4S. The van der Waals surface area contributed by atoms with Crippen molar-refractivity contribution in [2.45, 2.75) is 6.18 Å². The Kier molecular flexibility index (Phi) is 2.58. The lowest BCUT2D eigenvalue weighted by Gasteiger charge is -2.00. The molecule has 0 spiro atoms. The molecule has 0 amide bonds. The Morgan fingerprint density at radius 3 is 2.69 bits per heavy atom. The maximum atomic E-state index is 12.2. The molecule has 0 aliphatic carbocycles. The second kappa shape index (κ2) is 3.78. The first-order valence-electron chi connectivity index (χ1n) is 4.23. The molecule has 1 N–H and O–H groups in total. The molecule has 4 nitrogen and oxygen atoms in total. The van der Waals surface area contributed by atoms with Crippen molar-refractivity contribution in [2.75, 3.05) is 5.32 Å². The number of thiazole rings is 1. The van der Waals surface area contributed by atoms with Gasteiger partial charge >= 0.3 is 6.18 Å². The largest absolute Gasteiger partial charge is 0.434 e. The van der Waals surface area contributed by atoms with Gasteiger partial charge in [0.05, 0.1) is 11.9 Å². The number of alkyl halides is 3. The van der Waals surface area contributed by atoms with Gasteiger partial charge in [0, 0.05) is 18.6 Å². The summed E-state index contributed by atoms with van der Waals surface area (Å²) in [5, 5.41) is 7.78. The predicted octanol–water partition coefficient (Wildman–Crippen LogP) is 2.64. The highest BCUT2D eigenvalue weighted by Gasteiger charge is 2.33. The maximum Gasteiger partial charge on any atom is 0.434 e. The second-order valence-corrected chi connectivity index (χ2v) is 3.92. The normalized spacial score (nSPS) is 11.8. The van der Waals surface area contributed by atoms with Crippen molar-refractivity contribution in [3.8, 4) is 0 Å². The first-order valence-corrected chi connectivity index (χ1v) is 5.11. The highest BCUT2D eigenvalue weighted by atomic mass is 32.1. The Hall–Kier alpha value is -1.57. The molecule has 0 unspecified atom stereocenters. The standard InChI is InChI=1S/C8H7F3N4S/c1-15-3-5(2-12-15)13-7-14-6(4-16-7)8(9,10)11/h2-4H,1H3,(H,13,14). The van der Waals surface area contributed by atoms with Crippen LogP contribution in [-0.4, -0.2) is 14.8 Å². The fourth-order valence-corrected chi connectivity index (χ4v) is 1.81. The number of nitrogens with one attached hydrogen (secondary N) is 1. The molecule has 0 radical (unpaired) electrons. The molecule has 0 fully saturated rings. The number of rotatable bonds is 2. The molecule has 8 heteroatoms. The van der Waals surface area contributed by atoms with Gasteiger partial charge in [-0.2, -0.15) is 18.3 Å². The molecule has 0 bridgehead atoms. The van der Waals surface area contributed by atoms with Gasteiger partial charge in [-0.3, -0.25) is 4.68 Å². The average Bonchev–Trinajstić information content (AvgIpc) is 2.74. The van der Waals surface area contributed by atoms with Gasteiger partial charge in [0.1, 0.15) is 0 Å². The van der Waals surface area contributed by atoms with E-state index in [1.165, 1.54) is 6.20 Å². The smallest absolute Gasteiger partial charge is 0.329 e. The monoisotopic (exact) mass is 248 g/mol. The van der Waals surface area contributed by atoms with E-state index in [-0.39, 0.29) is 5.13 Å². The molecule has 0 aliphatic heterocycles. The molecule has 0 atom stereocenters. The van der Waals surface area contributed by atoms with E-state index < -0.39 is 11.9 Å². The van der Waals surface area contributed by atoms with Gasteiger partial charge in [-0.15, -0.1) is 11.3 Å². The first kappa shape index (κ1) is 10.9. The zero-order valence-corrected chi connectivity index (χ0v) is 8.93. The van der Waals surface area contributed by atoms with Crippen molar-refractivity contribution in [3.05, 3.63) is 23.5 Å². The summed E-state index contributed by atoms with van der Waals surface area (Å²) in [7, 11) is 1.72. The lowest BCUT2D eigenvalue weighted by molar-refractivity contribution is -0.140. The second-order valence-electron chi connectivity index (χ2n) is 3.06. The Labute approximate surface area is 92.7 Å². The van der Waals surface area contributed by atoms with Gasteiger partial charge in [-0.05, 0) is 0 Å². The zero-order chi connectivity index (χ0) is 11.8. The van der Waals surface area contributed by atoms with Crippen LogP contribution >= 0.6 is 11.3 Å². The van der Waals surface area contributed by atoms with Gasteiger partial charge in [-0.25, -0.2) is 4.98 Å². The molecule has 2 heterocycles. The van der Waals surface area contributed by atoms with Crippen LogP contribution in [0.3, 0.4) is 0 Å². The Morgan fingerprint density at radius 2 is 2.19 bits per heavy atom. The van der Waals surface area contributed by atoms with E-state index >= 15 is 0 Å². The number of nitrogens with zero attached hydrogens (tertiary/aromatic N) is 3. The highest BCUT2D eigenvalue weighted by Crippen LogP contribution is 2.32. The third-order valence-electron chi connectivity index (χ3n) is 1.75. The topological polar surface area (TPSA) is 42.7 Å². The van der Waals surface area contributed by atoms with Crippen molar-refractivity contribution >= 4 is 22.2 Å². The summed E-state index contributed by atoms with van der Waals surface area (Å²) in [6, 6.07) is 0. The fourth-order valence-electron chi connectivity index (χ4n) is 1.07. The number of aromatic nitrogens is 3. The fraction of sp³-hybridized carbons (Fsp3) is 0.250. The first-order chi connectivity index (χ1) is 7.45. The molecule has 0 saturated carbocycles. The van der Waals surface area contributed by atoms with Crippen LogP contribution in [0.2, 0.25) is 0 Å². The number of aryl methyl sites for hydroxylation is 1. The van der Waals surface area contributed by atoms with Gasteiger partial charge in [0.2, 0.25) is 0 Å². The SMILES string of the molecule is Cn1cc(Nc2nc(C(F)(F)F)cs2)cn1. The minimum atomic E-state index is -4.40. The third kappa shape index (κ3) is 2.32. The van der Waals surface area contributed by atoms with E-state index in [4.69, 9.17) is 0 Å². The molecule has 2 rings (SSSR count). The van der Waals surface area contributed by atoms with Gasteiger partial charge in [0.15, 0.2) is 10.8 Å². The van der Waals surface area contributed by atoms with Crippen LogP contribution in [0.4, 0.5) is 24.0 Å². The highest BCUT2D eigenvalue weighted by molar-refractivity contribution is 7.13. The molecular weight excluding hydrogens is 241 g/mol. The van der Waals surface area contributed by atoms with E-state index in [2.05, 4.69) is 15.4 Å². The minimum Gasteiger partial charge on any atom is -0.329 e. The van der Waals surface area contributed by atoms with E-state index in [0.29, 0.717) is 5.69 Å². The van der Waals surface area contributed by atoms with Crippen LogP contribution in [0.15, 0.2) is 17.8 Å². The summed E-state index contributed by atoms with van der Waals surface area (Å²) in [5.74, 6) is 0. The predicted molar refractivity (Wildman–Crippen MR) is 53.6 cm³/mol. The van der Waals surface area contributed by atoms with E-state index in [9.17, 15) is 13.2 Å². The molecule has 86 valence electrons. The summed E-state index contributed by atoms with van der Waals surface area (Å²) < 4.78 is 38.3. The zero-order valence-electron chi connectivity index (χ0n) is 8.12. The Morgan fingerprint density at radius 1 is 1.44 bits per heavy atom. The lowest BCUT2D eigenvalue weighted by atomic mass is 10.5. The molecule has 0 aliphatic rings. The van der Waals surface area contributed by atoms with E-state index in [0.717, 1.165) is 16.7 Å². The van der Waals surface area contributed by atoms with Crippen molar-refractivity contribution in [1.82, 2.24) is 14.8 Å². The number of anilines is 2. The number of hydrogen-bond acceptors (Lipinski definition) is 4. The van der Waals surface area contributed by atoms with E-state index in [1.54, 1.807) is 17.9 Å². The summed E-state index contributed by atoms with van der Waals surface area (Å²) >= 11 is 0.901. The molecule has 2 aromatic rings. The van der Waals surface area contributed by atoms with Crippen LogP contribution in [0.1, 0.15) is 5.69 Å². The van der Waals surface area contributed by atoms with Crippen LogP contribution in [0.5, 0.6) is 0 Å². The molecule has 0 saturated heterocycles. The van der Waals surface area contributed by atoms with Gasteiger partial charge < -0.3 is 5.32 Å². The number of hydrogen-bond donors (Lipinski definition) is 1. The number of halogens is 3. The van der Waals surface area contributed by atoms with Crippen molar-refractivity contribution in [2.24, 2.45) is 7.05 Å². The Bertz CT molecular complexity index is 487. The van der Waals surface area contributed by atoms with E-state index in [1.807, 2.05) is 0 Å². The quantitative estimate of drug-likeness (QED) is 0.888. The van der Waals surface area contributed by atoms with Crippen molar-refractivity contribution in [3.63, 3.8) is 0 Å². The van der Waals surface area contributed by atoms with Crippen LogP contribution in [0, 0.1) is 0 Å². The molecule has 0 aromatic carbocycles. The van der Waals surface area contributed by atoms with Gasteiger partial charge in [0.25, 0.3) is 0 Å². The summed E-state index contributed by atoms with van der Waals surface area (Å²) in [6.45, 7) is 0. The van der Waals surface area contributed by atoms with Crippen molar-refractivity contribution < 1.29 is 13.2 Å². The van der Waals surface area contributed by atoms with Crippen LogP contribution in [0.25, 0.3) is 0 Å².